The molecule has 2 N–H and O–H groups in total. The van der Waals surface area contributed by atoms with Gasteiger partial charge >= 0.3 is 0 Å². The molecule has 0 unspecified atom stereocenters. The zero-order valence-electron chi connectivity index (χ0n) is 15.7. The van der Waals surface area contributed by atoms with Crippen molar-refractivity contribution >= 4 is 27.5 Å². The summed E-state index contributed by atoms with van der Waals surface area (Å²) < 4.78 is 39.9. The highest BCUT2D eigenvalue weighted by Crippen LogP contribution is 2.17. The van der Waals surface area contributed by atoms with Gasteiger partial charge in [-0.25, -0.2) is 12.8 Å². The van der Waals surface area contributed by atoms with Crippen molar-refractivity contribution in [1.82, 2.24) is 10.2 Å². The molecule has 29 heavy (non-hydrogen) atoms. The van der Waals surface area contributed by atoms with Crippen LogP contribution in [0.4, 0.5) is 10.1 Å². The Morgan fingerprint density at radius 3 is 2.21 bits per heavy atom. The molecule has 7 nitrogen and oxygen atoms in total. The third-order valence-electron chi connectivity index (χ3n) is 4.61. The van der Waals surface area contributed by atoms with Crippen LogP contribution in [0.3, 0.4) is 0 Å². The van der Waals surface area contributed by atoms with Crippen LogP contribution in [0.25, 0.3) is 0 Å². The van der Waals surface area contributed by atoms with E-state index in [9.17, 15) is 22.4 Å². The lowest BCUT2D eigenvalue weighted by Gasteiger charge is -2.15. The lowest BCUT2D eigenvalue weighted by molar-refractivity contribution is -0.129. The van der Waals surface area contributed by atoms with E-state index in [1.54, 1.807) is 4.90 Å². The molecule has 2 aromatic rings. The van der Waals surface area contributed by atoms with Crippen molar-refractivity contribution in [2.75, 3.05) is 24.4 Å². The first-order chi connectivity index (χ1) is 13.8. The van der Waals surface area contributed by atoms with Crippen LogP contribution >= 0.6 is 0 Å². The number of benzene rings is 2. The monoisotopic (exact) mass is 419 g/mol. The van der Waals surface area contributed by atoms with Gasteiger partial charge in [0, 0.05) is 37.3 Å². The predicted molar refractivity (Wildman–Crippen MR) is 106 cm³/mol. The highest BCUT2D eigenvalue weighted by Gasteiger charge is 2.18. The van der Waals surface area contributed by atoms with E-state index in [0.29, 0.717) is 5.56 Å². The fourth-order valence-corrected chi connectivity index (χ4v) is 4.09. The van der Waals surface area contributed by atoms with Crippen LogP contribution in [0.1, 0.15) is 29.6 Å². The van der Waals surface area contributed by atoms with Crippen LogP contribution in [0.2, 0.25) is 0 Å². The molecule has 1 aliphatic heterocycles. The lowest BCUT2D eigenvalue weighted by Crippen LogP contribution is -2.32. The van der Waals surface area contributed by atoms with Gasteiger partial charge in [-0.2, -0.15) is 0 Å². The summed E-state index contributed by atoms with van der Waals surface area (Å²) in [5, 5.41) is 2.69. The fourth-order valence-electron chi connectivity index (χ4n) is 3.03. The van der Waals surface area contributed by atoms with Crippen molar-refractivity contribution in [2.45, 2.75) is 24.2 Å². The number of rotatable bonds is 7. The molecule has 1 aliphatic rings. The van der Waals surface area contributed by atoms with Crippen molar-refractivity contribution in [2.24, 2.45) is 0 Å². The summed E-state index contributed by atoms with van der Waals surface area (Å²) in [5.41, 5.74) is 0.624. The maximum atomic E-state index is 13.0. The van der Waals surface area contributed by atoms with Gasteiger partial charge in [-0.3, -0.25) is 14.3 Å². The summed E-state index contributed by atoms with van der Waals surface area (Å²) in [4.78, 5) is 25.9. The van der Waals surface area contributed by atoms with Crippen LogP contribution in [0.5, 0.6) is 0 Å². The van der Waals surface area contributed by atoms with Crippen LogP contribution < -0.4 is 10.0 Å². The van der Waals surface area contributed by atoms with Gasteiger partial charge in [-0.1, -0.05) is 0 Å². The second-order valence-electron chi connectivity index (χ2n) is 6.73. The van der Waals surface area contributed by atoms with E-state index in [4.69, 9.17) is 0 Å². The number of sulfonamides is 1. The molecule has 1 saturated heterocycles. The SMILES string of the molecule is O=C(NCCC(=O)N1CCCC1)c1ccc(NS(=O)(=O)c2ccc(F)cc2)cc1. The van der Waals surface area contributed by atoms with E-state index in [2.05, 4.69) is 10.0 Å². The van der Waals surface area contributed by atoms with E-state index in [0.717, 1.165) is 38.1 Å². The minimum Gasteiger partial charge on any atom is -0.352 e. The Hall–Kier alpha value is -2.94. The average Bonchev–Trinajstić information content (AvgIpc) is 3.23. The molecular formula is C20H22FN3O4S. The van der Waals surface area contributed by atoms with Gasteiger partial charge in [0.2, 0.25) is 5.91 Å². The zero-order valence-corrected chi connectivity index (χ0v) is 16.5. The average molecular weight is 419 g/mol. The molecule has 3 rings (SSSR count). The second kappa shape index (κ2) is 9.04. The molecule has 0 bridgehead atoms. The van der Waals surface area contributed by atoms with Gasteiger partial charge in [0.15, 0.2) is 0 Å². The normalized spacial score (nSPS) is 13.9. The molecule has 0 aliphatic carbocycles. The first-order valence-electron chi connectivity index (χ1n) is 9.29. The van der Waals surface area contributed by atoms with E-state index < -0.39 is 15.8 Å². The van der Waals surface area contributed by atoms with Gasteiger partial charge < -0.3 is 10.2 Å². The summed E-state index contributed by atoms with van der Waals surface area (Å²) >= 11 is 0. The molecule has 0 aromatic heterocycles. The predicted octanol–water partition coefficient (Wildman–Crippen LogP) is 2.37. The first kappa shape index (κ1) is 20.8. The molecule has 2 aromatic carbocycles. The van der Waals surface area contributed by atoms with Gasteiger partial charge in [0.25, 0.3) is 15.9 Å². The summed E-state index contributed by atoms with van der Waals surface area (Å²) in [5.74, 6) is -0.832. The van der Waals surface area contributed by atoms with Gasteiger partial charge in [-0.05, 0) is 61.4 Å². The number of amides is 2. The van der Waals surface area contributed by atoms with Crippen LogP contribution in [-0.2, 0) is 14.8 Å². The van der Waals surface area contributed by atoms with Gasteiger partial charge in [0.05, 0.1) is 4.90 Å². The van der Waals surface area contributed by atoms with Crippen LogP contribution in [0.15, 0.2) is 53.4 Å². The number of nitrogens with zero attached hydrogens (tertiary/aromatic N) is 1. The first-order valence-corrected chi connectivity index (χ1v) is 10.8. The molecule has 154 valence electrons. The number of carbonyl (C=O) groups is 2. The summed E-state index contributed by atoms with van der Waals surface area (Å²) in [7, 11) is -3.85. The summed E-state index contributed by atoms with van der Waals surface area (Å²) in [6, 6.07) is 10.4. The Kier molecular flexibility index (Phi) is 6.48. The van der Waals surface area contributed by atoms with E-state index in [1.807, 2.05) is 0 Å². The number of nitrogens with one attached hydrogen (secondary N) is 2. The van der Waals surface area contributed by atoms with E-state index in [1.165, 1.54) is 36.4 Å². The minimum atomic E-state index is -3.85. The Balaban J connectivity index is 1.53. The molecule has 0 atom stereocenters. The second-order valence-corrected chi connectivity index (χ2v) is 8.41. The number of halogens is 1. The highest BCUT2D eigenvalue weighted by molar-refractivity contribution is 7.92. The molecule has 0 spiro atoms. The zero-order chi connectivity index (χ0) is 20.9. The number of likely N-dealkylation sites (tertiary alicyclic amines) is 1. The van der Waals surface area contributed by atoms with Gasteiger partial charge in [-0.15, -0.1) is 0 Å². The van der Waals surface area contributed by atoms with Crippen LogP contribution in [-0.4, -0.2) is 44.8 Å². The Morgan fingerprint density at radius 2 is 1.59 bits per heavy atom. The smallest absolute Gasteiger partial charge is 0.261 e. The third kappa shape index (κ3) is 5.54. The van der Waals surface area contributed by atoms with Crippen molar-refractivity contribution in [3.05, 3.63) is 59.9 Å². The fraction of sp³-hybridized carbons (Fsp3) is 0.300. The van der Waals surface area contributed by atoms with Crippen LogP contribution in [0, 0.1) is 5.82 Å². The van der Waals surface area contributed by atoms with Crippen molar-refractivity contribution in [3.63, 3.8) is 0 Å². The Labute approximate surface area is 169 Å². The maximum Gasteiger partial charge on any atom is 0.261 e. The Morgan fingerprint density at radius 1 is 0.966 bits per heavy atom. The van der Waals surface area contributed by atoms with E-state index >= 15 is 0 Å². The maximum absolute atomic E-state index is 13.0. The summed E-state index contributed by atoms with van der Waals surface area (Å²) in [6.07, 6.45) is 2.30. The van der Waals surface area contributed by atoms with Crippen molar-refractivity contribution < 1.29 is 22.4 Å². The standard InChI is InChI=1S/C20H22FN3O4S/c21-16-5-9-18(10-6-16)29(27,28)23-17-7-3-15(4-8-17)20(26)22-12-11-19(25)24-13-1-2-14-24/h3-10,23H,1-2,11-14H2,(H,22,26). The number of hydrogen-bond acceptors (Lipinski definition) is 4. The number of carbonyl (C=O) groups excluding carboxylic acids is 2. The van der Waals surface area contributed by atoms with Crippen molar-refractivity contribution in [3.8, 4) is 0 Å². The lowest BCUT2D eigenvalue weighted by atomic mass is 10.2. The van der Waals surface area contributed by atoms with Crippen molar-refractivity contribution in [1.29, 1.82) is 0 Å². The Bertz CT molecular complexity index is 970. The molecule has 0 radical (unpaired) electrons. The molecule has 1 fully saturated rings. The highest BCUT2D eigenvalue weighted by atomic mass is 32.2. The molecule has 9 heteroatoms. The largest absolute Gasteiger partial charge is 0.352 e. The van der Waals surface area contributed by atoms with Gasteiger partial charge in [0.1, 0.15) is 5.82 Å². The minimum absolute atomic E-state index is 0.0355. The molecule has 0 saturated carbocycles. The number of anilines is 1. The molecule has 2 amide bonds. The quantitative estimate of drug-likeness (QED) is 0.720. The number of hydrogen-bond donors (Lipinski definition) is 2. The summed E-state index contributed by atoms with van der Waals surface area (Å²) in [6.45, 7) is 1.80. The van der Waals surface area contributed by atoms with E-state index in [-0.39, 0.29) is 35.4 Å². The molecular weight excluding hydrogens is 397 g/mol. The third-order valence-corrected chi connectivity index (χ3v) is 6.00. The topological polar surface area (TPSA) is 95.6 Å². The molecule has 1 heterocycles.